The van der Waals surface area contributed by atoms with E-state index >= 15 is 0 Å². The molecule has 0 saturated heterocycles. The maximum atomic E-state index is 11.3. The highest BCUT2D eigenvalue weighted by Gasteiger charge is 2.43. The van der Waals surface area contributed by atoms with Gasteiger partial charge in [-0.2, -0.15) is 0 Å². The maximum Gasteiger partial charge on any atom is 0.337 e. The van der Waals surface area contributed by atoms with Crippen LogP contribution in [0.1, 0.15) is 39.5 Å². The van der Waals surface area contributed by atoms with Crippen molar-refractivity contribution in [2.24, 2.45) is 5.92 Å². The van der Waals surface area contributed by atoms with Crippen LogP contribution in [0, 0.1) is 5.92 Å². The molecule has 4 heteroatoms. The van der Waals surface area contributed by atoms with Crippen molar-refractivity contribution in [3.05, 3.63) is 0 Å². The van der Waals surface area contributed by atoms with Crippen molar-refractivity contribution in [3.63, 3.8) is 0 Å². The summed E-state index contributed by atoms with van der Waals surface area (Å²) in [4.78, 5) is 11.3. The first-order chi connectivity index (χ1) is 6.99. The van der Waals surface area contributed by atoms with Crippen molar-refractivity contribution in [1.82, 2.24) is 0 Å². The molecule has 4 nitrogen and oxygen atoms in total. The summed E-state index contributed by atoms with van der Waals surface area (Å²) in [5.74, 6) is -0.158. The zero-order chi connectivity index (χ0) is 11.5. The van der Waals surface area contributed by atoms with Gasteiger partial charge in [-0.15, -0.1) is 0 Å². The van der Waals surface area contributed by atoms with Gasteiger partial charge in [0.15, 0.2) is 6.10 Å². The molecule has 2 N–H and O–H groups in total. The molecule has 0 radical (unpaired) electrons. The first-order valence-corrected chi connectivity index (χ1v) is 5.56. The first kappa shape index (κ1) is 12.5. The lowest BCUT2D eigenvalue weighted by Crippen LogP contribution is -2.49. The quantitative estimate of drug-likeness (QED) is 0.686. The topological polar surface area (TPSA) is 66.8 Å². The van der Waals surface area contributed by atoms with Crippen molar-refractivity contribution >= 4 is 5.97 Å². The Morgan fingerprint density at radius 1 is 1.53 bits per heavy atom. The Bertz CT molecular complexity index is 219. The number of hydrogen-bond donors (Lipinski definition) is 2. The molecule has 0 aromatic rings. The first-order valence-electron chi connectivity index (χ1n) is 5.56. The number of carbonyl (C=O) groups excluding carboxylic acids is 1. The Morgan fingerprint density at radius 2 is 2.07 bits per heavy atom. The van der Waals surface area contributed by atoms with Crippen molar-refractivity contribution in [3.8, 4) is 0 Å². The minimum atomic E-state index is -1.40. The predicted octanol–water partition coefficient (Wildman–Crippen LogP) is 0.852. The average molecular weight is 216 g/mol. The summed E-state index contributed by atoms with van der Waals surface area (Å²) in [6.45, 7) is 4.01. The molecule has 0 amide bonds. The van der Waals surface area contributed by atoms with E-state index in [1.165, 1.54) is 0 Å². The standard InChI is InChI=1S/C11H20O4/c1-3-15-10(13)9(12)11(14)6-4-8(2)5-7-11/h8-9,12,14H,3-7H2,1-2H3. The summed E-state index contributed by atoms with van der Waals surface area (Å²) >= 11 is 0. The summed E-state index contributed by atoms with van der Waals surface area (Å²) in [7, 11) is 0. The van der Waals surface area contributed by atoms with Crippen molar-refractivity contribution in [1.29, 1.82) is 0 Å². The normalized spacial score (nSPS) is 33.5. The Labute approximate surface area is 90.2 Å². The van der Waals surface area contributed by atoms with E-state index in [-0.39, 0.29) is 6.61 Å². The van der Waals surface area contributed by atoms with Gasteiger partial charge in [-0.3, -0.25) is 0 Å². The van der Waals surface area contributed by atoms with E-state index in [4.69, 9.17) is 4.74 Å². The van der Waals surface area contributed by atoms with Crippen LogP contribution in [-0.2, 0) is 9.53 Å². The molecular weight excluding hydrogens is 196 g/mol. The van der Waals surface area contributed by atoms with E-state index in [0.29, 0.717) is 18.8 Å². The molecule has 15 heavy (non-hydrogen) atoms. The van der Waals surface area contributed by atoms with Crippen LogP contribution in [0.25, 0.3) is 0 Å². The number of ether oxygens (including phenoxy) is 1. The summed E-state index contributed by atoms with van der Waals surface area (Å²) in [6.07, 6.45) is 1.22. The lowest BCUT2D eigenvalue weighted by Gasteiger charge is -2.37. The van der Waals surface area contributed by atoms with Gasteiger partial charge in [0.25, 0.3) is 0 Å². The molecule has 1 fully saturated rings. The van der Waals surface area contributed by atoms with Crippen LogP contribution in [0.4, 0.5) is 0 Å². The summed E-state index contributed by atoms with van der Waals surface area (Å²) in [5.41, 5.74) is -1.28. The molecule has 0 spiro atoms. The lowest BCUT2D eigenvalue weighted by atomic mass is 9.76. The van der Waals surface area contributed by atoms with Gasteiger partial charge in [0.05, 0.1) is 6.61 Å². The van der Waals surface area contributed by atoms with Crippen LogP contribution < -0.4 is 0 Å². The van der Waals surface area contributed by atoms with Gasteiger partial charge in [-0.1, -0.05) is 6.92 Å². The Kier molecular flexibility index (Phi) is 4.11. The van der Waals surface area contributed by atoms with Gasteiger partial charge in [0.2, 0.25) is 0 Å². The molecule has 1 rings (SSSR count). The fourth-order valence-electron chi connectivity index (χ4n) is 1.98. The number of carbonyl (C=O) groups is 1. The van der Waals surface area contributed by atoms with E-state index in [1.54, 1.807) is 6.92 Å². The number of aliphatic hydroxyl groups excluding tert-OH is 1. The molecule has 0 heterocycles. The number of hydrogen-bond acceptors (Lipinski definition) is 4. The van der Waals surface area contributed by atoms with Crippen LogP contribution in [0.3, 0.4) is 0 Å². The fourth-order valence-corrected chi connectivity index (χ4v) is 1.98. The molecule has 0 bridgehead atoms. The smallest absolute Gasteiger partial charge is 0.337 e. The lowest BCUT2D eigenvalue weighted by molar-refractivity contribution is -0.174. The molecule has 1 atom stereocenters. The zero-order valence-electron chi connectivity index (χ0n) is 9.40. The molecule has 88 valence electrons. The predicted molar refractivity (Wildman–Crippen MR) is 55.2 cm³/mol. The molecule has 0 aliphatic heterocycles. The van der Waals surface area contributed by atoms with Crippen molar-refractivity contribution in [2.45, 2.75) is 51.2 Å². The van der Waals surface area contributed by atoms with E-state index in [2.05, 4.69) is 6.92 Å². The highest BCUT2D eigenvalue weighted by Crippen LogP contribution is 2.34. The summed E-state index contributed by atoms with van der Waals surface area (Å²) in [6, 6.07) is 0. The van der Waals surface area contributed by atoms with Crippen LogP contribution in [0.15, 0.2) is 0 Å². The molecule has 0 aromatic carbocycles. The minimum Gasteiger partial charge on any atom is -0.464 e. The van der Waals surface area contributed by atoms with Crippen LogP contribution in [0.2, 0.25) is 0 Å². The monoisotopic (exact) mass is 216 g/mol. The van der Waals surface area contributed by atoms with E-state index in [0.717, 1.165) is 12.8 Å². The zero-order valence-corrected chi connectivity index (χ0v) is 9.40. The third-order valence-electron chi connectivity index (χ3n) is 3.16. The van der Waals surface area contributed by atoms with Crippen molar-refractivity contribution < 1.29 is 19.7 Å². The Hall–Kier alpha value is -0.610. The average Bonchev–Trinajstić information content (AvgIpc) is 2.22. The molecule has 1 aliphatic carbocycles. The maximum absolute atomic E-state index is 11.3. The molecule has 0 aromatic heterocycles. The Balaban J connectivity index is 2.57. The van der Waals surface area contributed by atoms with E-state index in [9.17, 15) is 15.0 Å². The summed E-state index contributed by atoms with van der Waals surface area (Å²) in [5, 5.41) is 19.8. The largest absolute Gasteiger partial charge is 0.464 e. The second-order valence-electron chi connectivity index (χ2n) is 4.44. The fraction of sp³-hybridized carbons (Fsp3) is 0.909. The summed E-state index contributed by atoms with van der Waals surface area (Å²) < 4.78 is 4.70. The van der Waals surface area contributed by atoms with Gasteiger partial charge in [-0.25, -0.2) is 4.79 Å². The van der Waals surface area contributed by atoms with Crippen LogP contribution in [0.5, 0.6) is 0 Å². The van der Waals surface area contributed by atoms with Crippen LogP contribution >= 0.6 is 0 Å². The molecule has 1 saturated carbocycles. The minimum absolute atomic E-state index is 0.225. The van der Waals surface area contributed by atoms with Crippen LogP contribution in [-0.4, -0.2) is 34.5 Å². The number of aliphatic hydroxyl groups is 2. The Morgan fingerprint density at radius 3 is 2.53 bits per heavy atom. The second kappa shape index (κ2) is 4.94. The van der Waals surface area contributed by atoms with E-state index in [1.807, 2.05) is 0 Å². The van der Waals surface area contributed by atoms with Gasteiger partial charge >= 0.3 is 5.97 Å². The van der Waals surface area contributed by atoms with Crippen molar-refractivity contribution in [2.75, 3.05) is 6.61 Å². The third kappa shape index (κ3) is 2.92. The van der Waals surface area contributed by atoms with E-state index < -0.39 is 17.7 Å². The van der Waals surface area contributed by atoms with Gasteiger partial charge in [-0.05, 0) is 38.5 Å². The van der Waals surface area contributed by atoms with Gasteiger partial charge in [0.1, 0.15) is 5.60 Å². The number of esters is 1. The highest BCUT2D eigenvalue weighted by molar-refractivity contribution is 5.75. The molecule has 1 unspecified atom stereocenters. The SMILES string of the molecule is CCOC(=O)C(O)C1(O)CCC(C)CC1. The number of rotatable bonds is 3. The molecule has 1 aliphatic rings. The van der Waals surface area contributed by atoms with Gasteiger partial charge < -0.3 is 14.9 Å². The highest BCUT2D eigenvalue weighted by atomic mass is 16.5. The second-order valence-corrected chi connectivity index (χ2v) is 4.44. The molecular formula is C11H20O4. The van der Waals surface area contributed by atoms with Gasteiger partial charge in [0, 0.05) is 0 Å². The third-order valence-corrected chi connectivity index (χ3v) is 3.16.